The second-order valence-electron chi connectivity index (χ2n) is 1.97. The van der Waals surface area contributed by atoms with Gasteiger partial charge in [0.05, 0.1) is 6.26 Å². The molecule has 0 N–H and O–H groups in total. The molecule has 0 atom stereocenters. The highest BCUT2D eigenvalue weighted by Crippen LogP contribution is 2.03. The van der Waals surface area contributed by atoms with Crippen LogP contribution in [0.2, 0.25) is 0 Å². The Morgan fingerprint density at radius 2 is 1.83 bits per heavy atom. The van der Waals surface area contributed by atoms with Gasteiger partial charge in [0.25, 0.3) is 5.88 Å². The van der Waals surface area contributed by atoms with E-state index in [1.807, 2.05) is 0 Å². The van der Waals surface area contributed by atoms with Gasteiger partial charge in [-0.15, -0.1) is 0 Å². The average Bonchev–Trinajstić information content (AvgIpc) is 2.61. The molecule has 0 saturated carbocycles. The molecule has 12 heavy (non-hydrogen) atoms. The Balaban J connectivity index is 2.63. The molecule has 0 bridgehead atoms. The predicted octanol–water partition coefficient (Wildman–Crippen LogP) is -0.0233. The summed E-state index contributed by atoms with van der Waals surface area (Å²) in [7, 11) is 0. The second kappa shape index (κ2) is 2.26. The van der Waals surface area contributed by atoms with Crippen molar-refractivity contribution in [1.82, 2.24) is 4.91 Å². The number of furan rings is 1. The molecule has 0 aromatic carbocycles. The summed E-state index contributed by atoms with van der Waals surface area (Å²) in [5, 5.41) is 0. The van der Waals surface area contributed by atoms with Crippen LogP contribution in [0.25, 0.3) is 5.88 Å². The normalized spacial score (nSPS) is 10.3. The number of nitrogens with zero attached hydrogens (tertiary/aromatic N) is 1. The maximum Gasteiger partial charge on any atom is 0.446 e. The molecule has 6 nitrogen and oxygen atoms in total. The van der Waals surface area contributed by atoms with Gasteiger partial charge in [-0.25, -0.2) is 9.59 Å². The van der Waals surface area contributed by atoms with Gasteiger partial charge in [0, 0.05) is 11.0 Å². The van der Waals surface area contributed by atoms with Crippen molar-refractivity contribution in [1.29, 1.82) is 0 Å². The molecular formula is C6H3NO5. The molecule has 0 amide bonds. The number of hydrogen-bond acceptors (Lipinski definition) is 5. The summed E-state index contributed by atoms with van der Waals surface area (Å²) in [4.78, 5) is 21.6. The SMILES string of the molecule is O=c1on(-c2ccco2)oc1=O. The Hall–Kier alpha value is -1.98. The van der Waals surface area contributed by atoms with Crippen LogP contribution in [0, 0.1) is 0 Å². The second-order valence-corrected chi connectivity index (χ2v) is 1.97. The van der Waals surface area contributed by atoms with Gasteiger partial charge < -0.3 is 4.42 Å². The maximum atomic E-state index is 10.5. The molecule has 2 heterocycles. The topological polar surface area (TPSA) is 78.5 Å². The molecule has 2 aromatic rings. The fourth-order valence-electron chi connectivity index (χ4n) is 0.708. The molecule has 0 aliphatic rings. The maximum absolute atomic E-state index is 10.5. The first-order chi connectivity index (χ1) is 5.77. The Kier molecular flexibility index (Phi) is 1.26. The van der Waals surface area contributed by atoms with Crippen LogP contribution in [0.1, 0.15) is 0 Å². The Morgan fingerprint density at radius 1 is 1.17 bits per heavy atom. The third kappa shape index (κ3) is 0.895. The van der Waals surface area contributed by atoms with Crippen LogP contribution in [-0.2, 0) is 0 Å². The zero-order chi connectivity index (χ0) is 8.55. The minimum atomic E-state index is -1.06. The Labute approximate surface area is 64.5 Å². The summed E-state index contributed by atoms with van der Waals surface area (Å²) in [5.74, 6) is 0.134. The standard InChI is InChI=1S/C6H3NO5/c8-5-6(9)12-7(11-5)4-2-1-3-10-4/h1-3H. The molecule has 0 aliphatic carbocycles. The van der Waals surface area contributed by atoms with Crippen molar-refractivity contribution < 1.29 is 13.5 Å². The smallest absolute Gasteiger partial charge is 0.443 e. The molecule has 62 valence electrons. The zero-order valence-corrected chi connectivity index (χ0v) is 5.72. The Morgan fingerprint density at radius 3 is 2.33 bits per heavy atom. The van der Waals surface area contributed by atoms with Crippen molar-refractivity contribution >= 4 is 0 Å². The first kappa shape index (κ1) is 6.71. The van der Waals surface area contributed by atoms with E-state index in [0.717, 1.165) is 0 Å². The fourth-order valence-corrected chi connectivity index (χ4v) is 0.708. The molecule has 0 fully saturated rings. The minimum Gasteiger partial charge on any atom is -0.443 e. The fraction of sp³-hybridized carbons (Fsp3) is 0. The third-order valence-corrected chi connectivity index (χ3v) is 1.18. The molecule has 0 spiro atoms. The van der Waals surface area contributed by atoms with Crippen LogP contribution in [0.5, 0.6) is 0 Å². The molecule has 0 unspecified atom stereocenters. The summed E-state index contributed by atoms with van der Waals surface area (Å²) in [6.45, 7) is 0. The highest BCUT2D eigenvalue weighted by Gasteiger charge is 2.08. The van der Waals surface area contributed by atoms with E-state index in [2.05, 4.69) is 9.05 Å². The van der Waals surface area contributed by atoms with Crippen molar-refractivity contribution in [2.75, 3.05) is 0 Å². The highest BCUT2D eigenvalue weighted by atomic mass is 16.8. The van der Waals surface area contributed by atoms with E-state index in [0.29, 0.717) is 4.91 Å². The highest BCUT2D eigenvalue weighted by molar-refractivity contribution is 5.10. The van der Waals surface area contributed by atoms with Crippen LogP contribution in [0.4, 0.5) is 0 Å². The van der Waals surface area contributed by atoms with E-state index in [4.69, 9.17) is 4.42 Å². The van der Waals surface area contributed by atoms with E-state index in [9.17, 15) is 9.59 Å². The van der Waals surface area contributed by atoms with Crippen LogP contribution in [0.3, 0.4) is 0 Å². The van der Waals surface area contributed by atoms with Gasteiger partial charge in [0.2, 0.25) is 0 Å². The lowest BCUT2D eigenvalue weighted by Gasteiger charge is -1.86. The number of aromatic nitrogens is 1. The molecule has 2 rings (SSSR count). The van der Waals surface area contributed by atoms with E-state index >= 15 is 0 Å². The van der Waals surface area contributed by atoms with Gasteiger partial charge in [-0.2, -0.15) is 0 Å². The lowest BCUT2D eigenvalue weighted by Crippen LogP contribution is -2.14. The Bertz CT molecular complexity index is 443. The molecule has 0 saturated heterocycles. The molecule has 0 radical (unpaired) electrons. The van der Waals surface area contributed by atoms with Crippen molar-refractivity contribution in [3.63, 3.8) is 0 Å². The van der Waals surface area contributed by atoms with Gasteiger partial charge >= 0.3 is 11.3 Å². The van der Waals surface area contributed by atoms with Crippen molar-refractivity contribution in [2.24, 2.45) is 0 Å². The van der Waals surface area contributed by atoms with E-state index in [-0.39, 0.29) is 5.88 Å². The monoisotopic (exact) mass is 169 g/mol. The van der Waals surface area contributed by atoms with Gasteiger partial charge in [0.1, 0.15) is 0 Å². The van der Waals surface area contributed by atoms with Crippen LogP contribution < -0.4 is 11.3 Å². The van der Waals surface area contributed by atoms with Gasteiger partial charge in [-0.05, 0) is 6.07 Å². The largest absolute Gasteiger partial charge is 0.446 e. The van der Waals surface area contributed by atoms with Crippen molar-refractivity contribution in [2.45, 2.75) is 0 Å². The first-order valence-electron chi connectivity index (χ1n) is 3.05. The molecular weight excluding hydrogens is 166 g/mol. The van der Waals surface area contributed by atoms with Crippen molar-refractivity contribution in [3.8, 4) is 5.88 Å². The van der Waals surface area contributed by atoms with Gasteiger partial charge in [0.15, 0.2) is 0 Å². The summed E-state index contributed by atoms with van der Waals surface area (Å²) in [6, 6.07) is 3.04. The van der Waals surface area contributed by atoms with E-state index < -0.39 is 11.3 Å². The lowest BCUT2D eigenvalue weighted by atomic mass is 10.6. The summed E-state index contributed by atoms with van der Waals surface area (Å²) in [6.07, 6.45) is 1.36. The molecule has 0 aliphatic heterocycles. The molecule has 2 aromatic heterocycles. The van der Waals surface area contributed by atoms with E-state index in [1.54, 1.807) is 6.07 Å². The lowest BCUT2D eigenvalue weighted by molar-refractivity contribution is 0.120. The minimum absolute atomic E-state index is 0.134. The summed E-state index contributed by atoms with van der Waals surface area (Å²) < 4.78 is 13.5. The van der Waals surface area contributed by atoms with Crippen molar-refractivity contribution in [3.05, 3.63) is 39.2 Å². The summed E-state index contributed by atoms with van der Waals surface area (Å²) in [5.41, 5.74) is -2.13. The van der Waals surface area contributed by atoms with Crippen LogP contribution in [0.15, 0.2) is 41.4 Å². The van der Waals surface area contributed by atoms with Gasteiger partial charge in [-0.3, -0.25) is 9.05 Å². The average molecular weight is 169 g/mol. The summed E-state index contributed by atoms with van der Waals surface area (Å²) >= 11 is 0. The van der Waals surface area contributed by atoms with E-state index in [1.165, 1.54) is 12.3 Å². The number of rotatable bonds is 1. The van der Waals surface area contributed by atoms with Crippen LogP contribution in [-0.4, -0.2) is 4.91 Å². The third-order valence-electron chi connectivity index (χ3n) is 1.18. The number of hydrogen-bond donors (Lipinski definition) is 0. The van der Waals surface area contributed by atoms with Gasteiger partial charge in [-0.1, -0.05) is 0 Å². The first-order valence-corrected chi connectivity index (χ1v) is 3.05. The zero-order valence-electron chi connectivity index (χ0n) is 5.72. The molecule has 6 heteroatoms. The predicted molar refractivity (Wildman–Crippen MR) is 35.1 cm³/mol. The quantitative estimate of drug-likeness (QED) is 0.560. The van der Waals surface area contributed by atoms with Crippen LogP contribution >= 0.6 is 0 Å².